The maximum Gasteiger partial charge on any atom is 0.165 e. The third-order valence-electron chi connectivity index (χ3n) is 4.27. The van der Waals surface area contributed by atoms with E-state index in [1.807, 2.05) is 42.5 Å². The highest BCUT2D eigenvalue weighted by Crippen LogP contribution is 2.22. The Labute approximate surface area is 169 Å². The molecule has 0 atom stereocenters. The summed E-state index contributed by atoms with van der Waals surface area (Å²) in [6.45, 7) is 2.42. The van der Waals surface area contributed by atoms with Gasteiger partial charge >= 0.3 is 0 Å². The molecule has 3 rings (SSSR count). The normalized spacial score (nSPS) is 10.6. The average Bonchev–Trinajstić information content (AvgIpc) is 3.13. The quantitative estimate of drug-likeness (QED) is 0.525. The van der Waals surface area contributed by atoms with Crippen molar-refractivity contribution in [2.24, 2.45) is 0 Å². The number of thioether (sulfide) groups is 1. The van der Waals surface area contributed by atoms with Gasteiger partial charge in [0.1, 0.15) is 12.4 Å². The van der Waals surface area contributed by atoms with Crippen LogP contribution >= 0.6 is 11.8 Å². The van der Waals surface area contributed by atoms with Crippen molar-refractivity contribution in [3.63, 3.8) is 0 Å². The Morgan fingerprint density at radius 2 is 1.96 bits per heavy atom. The number of benzene rings is 2. The zero-order valence-corrected chi connectivity index (χ0v) is 16.6. The lowest BCUT2D eigenvalue weighted by Gasteiger charge is -2.08. The molecule has 0 aliphatic rings. The van der Waals surface area contributed by atoms with Crippen molar-refractivity contribution >= 4 is 11.8 Å². The van der Waals surface area contributed by atoms with Crippen LogP contribution in [0.3, 0.4) is 0 Å². The fourth-order valence-corrected chi connectivity index (χ4v) is 3.55. The molecule has 0 saturated carbocycles. The molecular formula is C22H23N3O2S. The molecule has 0 radical (unpaired) electrons. The number of H-pyrrole nitrogens is 1. The molecule has 5 nitrogen and oxygen atoms in total. The first-order valence-corrected chi connectivity index (χ1v) is 10.2. The van der Waals surface area contributed by atoms with Gasteiger partial charge in [0.25, 0.3) is 0 Å². The second-order valence-corrected chi connectivity index (χ2v) is 7.44. The third-order valence-corrected chi connectivity index (χ3v) is 5.35. The molecule has 144 valence electrons. The molecular weight excluding hydrogens is 370 g/mol. The number of ether oxygens (including phenoxy) is 1. The lowest BCUT2D eigenvalue weighted by Crippen LogP contribution is -1.99. The van der Waals surface area contributed by atoms with E-state index < -0.39 is 0 Å². The van der Waals surface area contributed by atoms with E-state index in [0.717, 1.165) is 39.9 Å². The molecule has 3 aromatic rings. The van der Waals surface area contributed by atoms with E-state index in [1.165, 1.54) is 0 Å². The van der Waals surface area contributed by atoms with Crippen LogP contribution in [-0.4, -0.2) is 20.8 Å². The number of rotatable bonds is 9. The summed E-state index contributed by atoms with van der Waals surface area (Å²) >= 11 is 1.67. The summed E-state index contributed by atoms with van der Waals surface area (Å²) in [7, 11) is 0. The topological polar surface area (TPSA) is 81.9 Å². The summed E-state index contributed by atoms with van der Waals surface area (Å²) in [5.74, 6) is 1.75. The molecule has 0 fully saturated rings. The minimum atomic E-state index is -0.0714. The lowest BCUT2D eigenvalue weighted by atomic mass is 10.1. The number of imidazole rings is 1. The monoisotopic (exact) mass is 393 g/mol. The van der Waals surface area contributed by atoms with Crippen molar-refractivity contribution in [3.8, 4) is 11.8 Å². The number of hydrogen-bond donors (Lipinski definition) is 2. The largest absolute Gasteiger partial charge is 0.489 e. The van der Waals surface area contributed by atoms with Crippen LogP contribution in [0.4, 0.5) is 0 Å². The Morgan fingerprint density at radius 3 is 2.68 bits per heavy atom. The van der Waals surface area contributed by atoms with Crippen LogP contribution < -0.4 is 4.74 Å². The van der Waals surface area contributed by atoms with Crippen LogP contribution in [0.25, 0.3) is 0 Å². The molecule has 28 heavy (non-hydrogen) atoms. The average molecular weight is 394 g/mol. The molecule has 2 aromatic carbocycles. The zero-order valence-electron chi connectivity index (χ0n) is 15.8. The number of aliphatic hydroxyl groups excluding tert-OH is 1. The first-order valence-electron chi connectivity index (χ1n) is 9.24. The molecule has 0 aliphatic carbocycles. The molecule has 0 saturated heterocycles. The number of nitriles is 1. The predicted molar refractivity (Wildman–Crippen MR) is 110 cm³/mol. The lowest BCUT2D eigenvalue weighted by molar-refractivity contribution is 0.276. The smallest absolute Gasteiger partial charge is 0.165 e. The van der Waals surface area contributed by atoms with E-state index in [0.29, 0.717) is 24.3 Å². The van der Waals surface area contributed by atoms with Gasteiger partial charge in [0.05, 0.1) is 23.9 Å². The predicted octanol–water partition coefficient (Wildman–Crippen LogP) is 4.45. The van der Waals surface area contributed by atoms with E-state index in [9.17, 15) is 5.11 Å². The van der Waals surface area contributed by atoms with Crippen molar-refractivity contribution in [1.29, 1.82) is 5.26 Å². The summed E-state index contributed by atoms with van der Waals surface area (Å²) in [5, 5.41) is 19.6. The van der Waals surface area contributed by atoms with Gasteiger partial charge in [-0.25, -0.2) is 4.98 Å². The van der Waals surface area contributed by atoms with Crippen molar-refractivity contribution in [3.05, 3.63) is 76.6 Å². The van der Waals surface area contributed by atoms with Crippen molar-refractivity contribution in [1.82, 2.24) is 9.97 Å². The van der Waals surface area contributed by atoms with Gasteiger partial charge in [0.15, 0.2) is 5.16 Å². The van der Waals surface area contributed by atoms with Gasteiger partial charge in [0.2, 0.25) is 0 Å². The maximum atomic E-state index is 9.57. The first-order chi connectivity index (χ1) is 13.7. The van der Waals surface area contributed by atoms with Gasteiger partial charge in [-0.05, 0) is 30.2 Å². The first kappa shape index (κ1) is 20.0. The van der Waals surface area contributed by atoms with Crippen molar-refractivity contribution in [2.75, 3.05) is 5.75 Å². The molecule has 0 unspecified atom stereocenters. The van der Waals surface area contributed by atoms with E-state index in [4.69, 9.17) is 10.00 Å². The number of aromatic amines is 1. The highest BCUT2D eigenvalue weighted by molar-refractivity contribution is 7.99. The molecule has 6 heteroatoms. The molecule has 2 N–H and O–H groups in total. The van der Waals surface area contributed by atoms with Crippen LogP contribution in [0.1, 0.15) is 41.4 Å². The molecule has 1 aromatic heterocycles. The highest BCUT2D eigenvalue weighted by atomic mass is 32.2. The van der Waals surface area contributed by atoms with Gasteiger partial charge < -0.3 is 14.8 Å². The number of nitrogens with one attached hydrogen (secondary N) is 1. The summed E-state index contributed by atoms with van der Waals surface area (Å²) in [6, 6.07) is 17.5. The van der Waals surface area contributed by atoms with Gasteiger partial charge in [-0.1, -0.05) is 49.0 Å². The fraction of sp³-hybridized carbons (Fsp3) is 0.273. The molecule has 0 amide bonds. The molecule has 0 spiro atoms. The second-order valence-electron chi connectivity index (χ2n) is 6.35. The van der Waals surface area contributed by atoms with E-state index in [-0.39, 0.29) is 6.61 Å². The minimum Gasteiger partial charge on any atom is -0.489 e. The van der Waals surface area contributed by atoms with Gasteiger partial charge in [0, 0.05) is 23.4 Å². The number of aromatic nitrogens is 2. The third kappa shape index (κ3) is 5.16. The highest BCUT2D eigenvalue weighted by Gasteiger charge is 2.11. The van der Waals surface area contributed by atoms with Crippen LogP contribution in [0, 0.1) is 11.3 Å². The van der Waals surface area contributed by atoms with Crippen LogP contribution in [0.5, 0.6) is 5.75 Å². The summed E-state index contributed by atoms with van der Waals surface area (Å²) in [5.41, 5.74) is 4.25. The van der Waals surface area contributed by atoms with E-state index in [2.05, 4.69) is 23.0 Å². The summed E-state index contributed by atoms with van der Waals surface area (Å²) < 4.78 is 5.82. The van der Waals surface area contributed by atoms with Crippen LogP contribution in [-0.2, 0) is 19.6 Å². The Balaban J connectivity index is 1.63. The number of aliphatic hydroxyl groups is 1. The fourth-order valence-electron chi connectivity index (χ4n) is 2.79. The maximum absolute atomic E-state index is 9.57. The Bertz CT molecular complexity index is 945. The van der Waals surface area contributed by atoms with Crippen molar-refractivity contribution < 1.29 is 9.84 Å². The molecule has 0 bridgehead atoms. The SMILES string of the molecule is CCCSc1nc(CO)c(Cc2ccc(OCc3ccccc3C#N)cc2)[nH]1. The summed E-state index contributed by atoms with van der Waals surface area (Å²) in [4.78, 5) is 7.79. The Hall–Kier alpha value is -2.75. The standard InChI is InChI=1S/C22H23N3O2S/c1-2-11-28-22-24-20(21(14-26)25-22)12-16-7-9-19(10-8-16)27-15-18-6-4-3-5-17(18)13-23/h3-10,26H,2,11-12,14-15H2,1H3,(H,24,25). The van der Waals surface area contributed by atoms with Crippen LogP contribution in [0.15, 0.2) is 53.7 Å². The van der Waals surface area contributed by atoms with Crippen molar-refractivity contribution in [2.45, 2.75) is 38.1 Å². The summed E-state index contributed by atoms with van der Waals surface area (Å²) in [6.07, 6.45) is 1.75. The Morgan fingerprint density at radius 1 is 1.18 bits per heavy atom. The van der Waals surface area contributed by atoms with Crippen LogP contribution in [0.2, 0.25) is 0 Å². The van der Waals surface area contributed by atoms with Gasteiger partial charge in [-0.2, -0.15) is 5.26 Å². The molecule has 1 heterocycles. The van der Waals surface area contributed by atoms with Gasteiger partial charge in [-0.15, -0.1) is 0 Å². The Kier molecular flexibility index (Phi) is 7.12. The zero-order chi connectivity index (χ0) is 19.8. The molecule has 0 aliphatic heterocycles. The second kappa shape index (κ2) is 9.98. The minimum absolute atomic E-state index is 0.0714. The number of nitrogens with zero attached hydrogens (tertiary/aromatic N) is 2. The van der Waals surface area contributed by atoms with E-state index in [1.54, 1.807) is 17.8 Å². The van der Waals surface area contributed by atoms with E-state index >= 15 is 0 Å². The number of hydrogen-bond acceptors (Lipinski definition) is 5. The van der Waals surface area contributed by atoms with Gasteiger partial charge in [-0.3, -0.25) is 0 Å².